The molecule has 1 aliphatic rings. The Hall–Kier alpha value is -1.15. The monoisotopic (exact) mass is 659 g/mol. The van der Waals surface area contributed by atoms with Gasteiger partial charge in [-0.3, -0.25) is 0 Å². The zero-order valence-corrected chi connectivity index (χ0v) is 25.9. The third-order valence-electron chi connectivity index (χ3n) is 6.55. The van der Waals surface area contributed by atoms with Gasteiger partial charge in [-0.2, -0.15) is 4.98 Å². The number of nitrogens with zero attached hydrogens (tertiary/aromatic N) is 3. The molecule has 0 saturated heterocycles. The molecule has 0 bridgehead atoms. The van der Waals surface area contributed by atoms with Crippen molar-refractivity contribution < 1.29 is 8.42 Å². The highest BCUT2D eigenvalue weighted by atomic mass is 127. The second kappa shape index (κ2) is 11.7. The normalized spacial score (nSPS) is 18.6. The van der Waals surface area contributed by atoms with E-state index in [-0.39, 0.29) is 0 Å². The summed E-state index contributed by atoms with van der Waals surface area (Å²) in [5, 5.41) is 7.90. The number of halogens is 1. The number of sulfone groups is 1. The molecular formula is C25H34IN5O2S3. The fourth-order valence-electron chi connectivity index (χ4n) is 4.47. The predicted molar refractivity (Wildman–Crippen MR) is 162 cm³/mol. The molecule has 0 spiro atoms. The van der Waals surface area contributed by atoms with E-state index in [0.29, 0.717) is 29.5 Å². The zero-order chi connectivity index (χ0) is 26.0. The molecule has 1 saturated carbocycles. The molecule has 4 rings (SSSR count). The first-order valence-corrected chi connectivity index (χ1v) is 16.8. The molecule has 11 heteroatoms. The van der Waals surface area contributed by atoms with Gasteiger partial charge in [0, 0.05) is 46.6 Å². The Labute approximate surface area is 236 Å². The maximum atomic E-state index is 12.9. The van der Waals surface area contributed by atoms with Crippen molar-refractivity contribution in [3.63, 3.8) is 0 Å². The Kier molecular flexibility index (Phi) is 9.07. The van der Waals surface area contributed by atoms with Crippen molar-refractivity contribution in [1.29, 1.82) is 0 Å². The molecule has 1 aromatic carbocycles. The first-order valence-electron chi connectivity index (χ1n) is 12.1. The summed E-state index contributed by atoms with van der Waals surface area (Å²) in [6.45, 7) is 4.20. The minimum Gasteiger partial charge on any atom is -0.362 e. The summed E-state index contributed by atoms with van der Waals surface area (Å²) >= 11 is 5.35. The number of thioether (sulfide) groups is 1. The maximum Gasteiger partial charge on any atom is 0.225 e. The first-order chi connectivity index (χ1) is 17.1. The Morgan fingerprint density at radius 2 is 1.81 bits per heavy atom. The number of rotatable bonds is 9. The lowest BCUT2D eigenvalue weighted by Crippen LogP contribution is -2.37. The van der Waals surface area contributed by atoms with Gasteiger partial charge in [-0.15, -0.1) is 23.1 Å². The number of para-hydroxylation sites is 1. The lowest BCUT2D eigenvalue weighted by atomic mass is 9.91. The summed E-state index contributed by atoms with van der Waals surface area (Å²) < 4.78 is 27.6. The van der Waals surface area contributed by atoms with Gasteiger partial charge in [0.2, 0.25) is 5.95 Å². The number of fused-ring (bicyclic) bond motifs is 1. The van der Waals surface area contributed by atoms with Crippen LogP contribution in [0.15, 0.2) is 33.4 Å². The number of nitrogens with one attached hydrogen (secondary N) is 2. The van der Waals surface area contributed by atoms with Gasteiger partial charge < -0.3 is 15.5 Å². The zero-order valence-electron chi connectivity index (χ0n) is 21.3. The van der Waals surface area contributed by atoms with Crippen LogP contribution in [0.4, 0.5) is 11.8 Å². The second-order valence-corrected chi connectivity index (χ2v) is 15.3. The van der Waals surface area contributed by atoms with E-state index in [1.807, 2.05) is 43.5 Å². The molecule has 0 unspecified atom stereocenters. The number of hydrogen-bond acceptors (Lipinski definition) is 9. The van der Waals surface area contributed by atoms with Crippen LogP contribution in [0, 0.1) is 3.57 Å². The molecule has 7 nitrogen and oxygen atoms in total. The molecule has 0 radical (unpaired) electrons. The molecular weight excluding hydrogens is 625 g/mol. The molecule has 1 fully saturated rings. The molecule has 196 valence electrons. The van der Waals surface area contributed by atoms with E-state index >= 15 is 0 Å². The third-order valence-corrected chi connectivity index (χ3v) is 13.3. The largest absolute Gasteiger partial charge is 0.362 e. The lowest BCUT2D eigenvalue weighted by Gasteiger charge is -2.30. The fraction of sp³-hybridized carbons (Fsp3) is 0.520. The molecule has 0 amide bonds. The van der Waals surface area contributed by atoms with Crippen molar-refractivity contribution in [1.82, 2.24) is 15.3 Å². The number of hydrogen-bond donors (Lipinski definition) is 2. The van der Waals surface area contributed by atoms with Crippen molar-refractivity contribution in [2.45, 2.75) is 72.5 Å². The van der Waals surface area contributed by atoms with Crippen LogP contribution in [0.25, 0.3) is 10.9 Å². The predicted octanol–water partition coefficient (Wildman–Crippen LogP) is 5.78. The highest BCUT2D eigenvalue weighted by Gasteiger charge is 2.30. The van der Waals surface area contributed by atoms with Crippen LogP contribution in [0.3, 0.4) is 0 Å². The molecule has 3 aromatic rings. The van der Waals surface area contributed by atoms with E-state index in [1.54, 1.807) is 25.2 Å². The summed E-state index contributed by atoms with van der Waals surface area (Å²) in [4.78, 5) is 13.2. The maximum absolute atomic E-state index is 12.9. The van der Waals surface area contributed by atoms with Gasteiger partial charge in [-0.05, 0) is 80.5 Å². The Morgan fingerprint density at radius 1 is 1.14 bits per heavy atom. The number of thiophene rings is 1. The van der Waals surface area contributed by atoms with Crippen molar-refractivity contribution in [2.75, 3.05) is 30.6 Å². The van der Waals surface area contributed by atoms with Gasteiger partial charge in [0.25, 0.3) is 0 Å². The minimum atomic E-state index is -3.30. The topological polar surface area (TPSA) is 87.2 Å². The van der Waals surface area contributed by atoms with E-state index in [1.165, 1.54) is 11.8 Å². The summed E-state index contributed by atoms with van der Waals surface area (Å²) in [6.07, 6.45) is 6.14. The molecule has 2 N–H and O–H groups in total. The number of aromatic nitrogens is 2. The van der Waals surface area contributed by atoms with Gasteiger partial charge in [-0.25, -0.2) is 13.4 Å². The summed E-state index contributed by atoms with van der Waals surface area (Å²) in [5.41, 5.74) is 0.947. The van der Waals surface area contributed by atoms with Crippen LogP contribution >= 0.6 is 45.7 Å². The molecule has 2 aromatic heterocycles. The van der Waals surface area contributed by atoms with Crippen molar-refractivity contribution in [3.05, 3.63) is 32.7 Å². The lowest BCUT2D eigenvalue weighted by molar-refractivity contribution is 0.353. The van der Waals surface area contributed by atoms with E-state index in [2.05, 4.69) is 39.3 Å². The van der Waals surface area contributed by atoms with Crippen LogP contribution in [-0.2, 0) is 16.4 Å². The smallest absolute Gasteiger partial charge is 0.225 e. The Bertz CT molecular complexity index is 1320. The third kappa shape index (κ3) is 5.95. The van der Waals surface area contributed by atoms with Crippen LogP contribution < -0.4 is 15.5 Å². The van der Waals surface area contributed by atoms with Gasteiger partial charge >= 0.3 is 0 Å². The molecule has 2 heterocycles. The first kappa shape index (κ1) is 27.9. The quantitative estimate of drug-likeness (QED) is 0.221. The highest BCUT2D eigenvalue weighted by molar-refractivity contribution is 14.1. The molecule has 0 aliphatic heterocycles. The standard InChI is InChI=1S/C25H34IN5O2S3/c1-15(2)36(32,33)22-21(26)20(35-24(22)34-5)14-27-16-10-12-17(13-11-16)28-25-29-19-9-7-6-8-18(19)23(30-25)31(3)4/h6-9,15-17,27H,10-14H2,1-5H3,(H,28,29,30)/t16-,17+. The van der Waals surface area contributed by atoms with Gasteiger partial charge in [-0.1, -0.05) is 12.1 Å². The van der Waals surface area contributed by atoms with Gasteiger partial charge in [0.15, 0.2) is 9.84 Å². The van der Waals surface area contributed by atoms with Crippen LogP contribution in [0.1, 0.15) is 44.4 Å². The van der Waals surface area contributed by atoms with Gasteiger partial charge in [0.05, 0.1) is 15.0 Å². The minimum absolute atomic E-state index is 0.340. The highest BCUT2D eigenvalue weighted by Crippen LogP contribution is 2.40. The summed E-state index contributed by atoms with van der Waals surface area (Å²) in [6, 6.07) is 8.87. The van der Waals surface area contributed by atoms with E-state index in [9.17, 15) is 8.42 Å². The SMILES string of the molecule is CSc1sc(CN[C@H]2CC[C@@H](Nc3nc(N(C)C)c4ccccc4n3)CC2)c(I)c1S(=O)(=O)C(C)C. The van der Waals surface area contributed by atoms with Crippen molar-refractivity contribution in [2.24, 2.45) is 0 Å². The van der Waals surface area contributed by atoms with E-state index < -0.39 is 15.1 Å². The average Bonchev–Trinajstić information content (AvgIpc) is 3.18. The molecule has 36 heavy (non-hydrogen) atoms. The summed E-state index contributed by atoms with van der Waals surface area (Å²) in [7, 11) is 0.714. The summed E-state index contributed by atoms with van der Waals surface area (Å²) in [5.74, 6) is 1.61. The van der Waals surface area contributed by atoms with E-state index in [0.717, 1.165) is 55.1 Å². The van der Waals surface area contributed by atoms with Crippen molar-refractivity contribution >= 4 is 78.2 Å². The number of benzene rings is 1. The average molecular weight is 660 g/mol. The second-order valence-electron chi connectivity index (χ2n) is 9.61. The number of anilines is 2. The molecule has 1 aliphatic carbocycles. The van der Waals surface area contributed by atoms with E-state index in [4.69, 9.17) is 9.97 Å². The van der Waals surface area contributed by atoms with Crippen LogP contribution in [-0.4, -0.2) is 56.1 Å². The Morgan fingerprint density at radius 3 is 2.44 bits per heavy atom. The van der Waals surface area contributed by atoms with Gasteiger partial charge in [0.1, 0.15) is 10.7 Å². The fourth-order valence-corrected chi connectivity index (χ4v) is 10.4. The van der Waals surface area contributed by atoms with Crippen LogP contribution in [0.5, 0.6) is 0 Å². The van der Waals surface area contributed by atoms with Crippen molar-refractivity contribution in [3.8, 4) is 0 Å². The molecule has 0 atom stereocenters. The Balaban J connectivity index is 1.37. The van der Waals surface area contributed by atoms with Crippen LogP contribution in [0.2, 0.25) is 0 Å².